The molecule has 3 atom stereocenters. The van der Waals surface area contributed by atoms with Crippen molar-refractivity contribution < 1.29 is 4.79 Å². The van der Waals surface area contributed by atoms with Crippen LogP contribution in [0.3, 0.4) is 0 Å². The highest BCUT2D eigenvalue weighted by Crippen LogP contribution is 2.43. The highest BCUT2D eigenvalue weighted by atomic mass is 16.2. The van der Waals surface area contributed by atoms with Gasteiger partial charge in [0.2, 0.25) is 0 Å². The molecule has 4 nitrogen and oxygen atoms in total. The largest absolute Gasteiger partial charge is 0.331 e. The van der Waals surface area contributed by atoms with Crippen molar-refractivity contribution in [3.63, 3.8) is 0 Å². The highest BCUT2D eigenvalue weighted by molar-refractivity contribution is 5.94. The van der Waals surface area contributed by atoms with Gasteiger partial charge in [0.05, 0.1) is 6.04 Å². The van der Waals surface area contributed by atoms with Crippen LogP contribution in [0.5, 0.6) is 0 Å². The molecule has 3 heterocycles. The Morgan fingerprint density at radius 2 is 1.61 bits per heavy atom. The summed E-state index contributed by atoms with van der Waals surface area (Å²) >= 11 is 0. The second-order valence-corrected chi connectivity index (χ2v) is 8.54. The van der Waals surface area contributed by atoms with E-state index in [2.05, 4.69) is 58.0 Å². The minimum Gasteiger partial charge on any atom is -0.331 e. The number of piperidine rings is 1. The number of likely N-dealkylation sites (tertiary alicyclic amines) is 1. The molecule has 0 aliphatic carbocycles. The predicted octanol–water partition coefficient (Wildman–Crippen LogP) is 3.19. The van der Waals surface area contributed by atoms with E-state index in [0.717, 1.165) is 38.3 Å². The van der Waals surface area contributed by atoms with Gasteiger partial charge < -0.3 is 15.5 Å². The molecule has 146 valence electrons. The van der Waals surface area contributed by atoms with Crippen molar-refractivity contribution in [1.82, 2.24) is 15.5 Å². The number of hydrogen-bond donors (Lipinski definition) is 2. The van der Waals surface area contributed by atoms with Gasteiger partial charge in [-0.3, -0.25) is 4.79 Å². The van der Waals surface area contributed by atoms with Crippen molar-refractivity contribution in [3.8, 4) is 0 Å². The van der Waals surface area contributed by atoms with Gasteiger partial charge in [-0.15, -0.1) is 0 Å². The maximum Gasteiger partial charge on any atom is 0.254 e. The van der Waals surface area contributed by atoms with Crippen molar-refractivity contribution in [2.75, 3.05) is 32.7 Å². The van der Waals surface area contributed by atoms with E-state index >= 15 is 0 Å². The summed E-state index contributed by atoms with van der Waals surface area (Å²) in [6.07, 6.45) is 2.37. The first-order valence-electron chi connectivity index (χ1n) is 10.7. The first-order valence-corrected chi connectivity index (χ1v) is 10.7. The molecule has 1 amide bonds. The molecule has 28 heavy (non-hydrogen) atoms. The van der Waals surface area contributed by atoms with Crippen LogP contribution in [0, 0.1) is 11.8 Å². The minimum atomic E-state index is 0.179. The number of amides is 1. The molecule has 3 saturated heterocycles. The molecule has 0 radical (unpaired) electrons. The first kappa shape index (κ1) is 17.9. The van der Waals surface area contributed by atoms with Crippen LogP contribution in [0.15, 0.2) is 54.6 Å². The van der Waals surface area contributed by atoms with E-state index in [0.29, 0.717) is 17.8 Å². The molecular formula is C24H29N3O. The van der Waals surface area contributed by atoms with Crippen molar-refractivity contribution in [1.29, 1.82) is 0 Å². The summed E-state index contributed by atoms with van der Waals surface area (Å²) < 4.78 is 0. The second kappa shape index (κ2) is 7.69. The monoisotopic (exact) mass is 375 g/mol. The lowest BCUT2D eigenvalue weighted by molar-refractivity contribution is 0.0714. The summed E-state index contributed by atoms with van der Waals surface area (Å²) in [5.74, 6) is 1.88. The predicted molar refractivity (Wildman–Crippen MR) is 111 cm³/mol. The summed E-state index contributed by atoms with van der Waals surface area (Å²) in [5, 5.41) is 6.95. The summed E-state index contributed by atoms with van der Waals surface area (Å²) in [7, 11) is 0. The molecule has 0 aromatic heterocycles. The van der Waals surface area contributed by atoms with E-state index in [1.807, 2.05) is 12.1 Å². The molecule has 3 fully saturated rings. The van der Waals surface area contributed by atoms with Crippen LogP contribution in [0.2, 0.25) is 0 Å². The number of hydrogen-bond acceptors (Lipinski definition) is 3. The zero-order valence-electron chi connectivity index (χ0n) is 16.3. The number of rotatable bonds is 3. The van der Waals surface area contributed by atoms with Gasteiger partial charge in [0.25, 0.3) is 5.91 Å². The van der Waals surface area contributed by atoms with Gasteiger partial charge in [-0.05, 0) is 61.0 Å². The van der Waals surface area contributed by atoms with Gasteiger partial charge in [0.1, 0.15) is 0 Å². The van der Waals surface area contributed by atoms with E-state index in [4.69, 9.17) is 0 Å². The molecule has 3 aliphatic heterocycles. The Morgan fingerprint density at radius 1 is 0.857 bits per heavy atom. The Morgan fingerprint density at radius 3 is 2.36 bits per heavy atom. The summed E-state index contributed by atoms with van der Waals surface area (Å²) in [5.41, 5.74) is 3.46. The Balaban J connectivity index is 1.39. The van der Waals surface area contributed by atoms with Gasteiger partial charge in [0.15, 0.2) is 0 Å². The lowest BCUT2D eigenvalue weighted by atomic mass is 9.89. The summed E-state index contributed by atoms with van der Waals surface area (Å²) in [4.78, 5) is 15.6. The molecule has 2 aromatic carbocycles. The average molecular weight is 376 g/mol. The maximum atomic E-state index is 13.4. The van der Waals surface area contributed by atoms with Crippen molar-refractivity contribution in [2.45, 2.75) is 24.8 Å². The number of nitrogens with one attached hydrogen (secondary N) is 2. The summed E-state index contributed by atoms with van der Waals surface area (Å²) in [6, 6.07) is 19.2. The molecule has 2 N–H and O–H groups in total. The average Bonchev–Trinajstić information content (AvgIpc) is 3.36. The third kappa shape index (κ3) is 3.25. The summed E-state index contributed by atoms with van der Waals surface area (Å²) in [6.45, 7) is 5.06. The standard InChI is InChI=1S/C24H29N3O/c28-24(20-8-6-17(7-9-20)18-10-12-25-13-11-18)27-16-21-14-26-15-22(21)23(27)19-4-2-1-3-5-19/h1-9,18,21-23,25-26H,10-16H2/t21-,22-,23+/m0/s1. The van der Waals surface area contributed by atoms with Crippen molar-refractivity contribution in [3.05, 3.63) is 71.3 Å². The van der Waals surface area contributed by atoms with Gasteiger partial charge in [-0.1, -0.05) is 42.5 Å². The van der Waals surface area contributed by atoms with Crippen LogP contribution in [-0.4, -0.2) is 43.5 Å². The molecule has 2 aromatic rings. The van der Waals surface area contributed by atoms with E-state index in [1.165, 1.54) is 24.0 Å². The molecule has 0 spiro atoms. The van der Waals surface area contributed by atoms with Crippen molar-refractivity contribution >= 4 is 5.91 Å². The van der Waals surface area contributed by atoms with E-state index in [9.17, 15) is 4.79 Å². The van der Waals surface area contributed by atoms with Crippen LogP contribution in [-0.2, 0) is 0 Å². The van der Waals surface area contributed by atoms with Crippen LogP contribution in [0.4, 0.5) is 0 Å². The number of nitrogens with zero attached hydrogens (tertiary/aromatic N) is 1. The fourth-order valence-corrected chi connectivity index (χ4v) is 5.43. The molecule has 0 unspecified atom stereocenters. The smallest absolute Gasteiger partial charge is 0.254 e. The lowest BCUT2D eigenvalue weighted by Crippen LogP contribution is -2.34. The maximum absolute atomic E-state index is 13.4. The van der Waals surface area contributed by atoms with Crippen LogP contribution >= 0.6 is 0 Å². The fraction of sp³-hybridized carbons (Fsp3) is 0.458. The Bertz CT molecular complexity index is 814. The van der Waals surface area contributed by atoms with E-state index in [1.54, 1.807) is 0 Å². The molecule has 5 rings (SSSR count). The molecule has 0 saturated carbocycles. The zero-order chi connectivity index (χ0) is 18.9. The van der Waals surface area contributed by atoms with Gasteiger partial charge in [0, 0.05) is 31.1 Å². The van der Waals surface area contributed by atoms with Crippen molar-refractivity contribution in [2.24, 2.45) is 11.8 Å². The molecular weight excluding hydrogens is 346 g/mol. The number of carbonyl (C=O) groups is 1. The van der Waals surface area contributed by atoms with Crippen LogP contribution < -0.4 is 10.6 Å². The SMILES string of the molecule is O=C(c1ccc(C2CCNCC2)cc1)N1C[C@@H]2CNC[C@@H]2[C@H]1c1ccccc1. The third-order valence-corrected chi connectivity index (χ3v) is 6.93. The quantitative estimate of drug-likeness (QED) is 0.866. The van der Waals surface area contributed by atoms with Gasteiger partial charge >= 0.3 is 0 Å². The van der Waals surface area contributed by atoms with Gasteiger partial charge in [-0.2, -0.15) is 0 Å². The first-order chi connectivity index (χ1) is 13.8. The molecule has 3 aliphatic rings. The Kier molecular flexibility index (Phi) is 4.91. The minimum absolute atomic E-state index is 0.179. The van der Waals surface area contributed by atoms with Gasteiger partial charge in [-0.25, -0.2) is 0 Å². The third-order valence-electron chi connectivity index (χ3n) is 6.93. The Hall–Kier alpha value is -2.17. The second-order valence-electron chi connectivity index (χ2n) is 8.54. The Labute approximate surface area is 167 Å². The number of carbonyl (C=O) groups excluding carboxylic acids is 1. The van der Waals surface area contributed by atoms with E-state index < -0.39 is 0 Å². The van der Waals surface area contributed by atoms with E-state index in [-0.39, 0.29) is 11.9 Å². The number of fused-ring (bicyclic) bond motifs is 1. The molecule has 4 heteroatoms. The van der Waals surface area contributed by atoms with Crippen LogP contribution in [0.25, 0.3) is 0 Å². The zero-order valence-corrected chi connectivity index (χ0v) is 16.3. The lowest BCUT2D eigenvalue weighted by Gasteiger charge is -2.29. The highest BCUT2D eigenvalue weighted by Gasteiger charge is 2.46. The number of benzene rings is 2. The normalized spacial score (nSPS) is 27.7. The van der Waals surface area contributed by atoms with Crippen LogP contribution in [0.1, 0.15) is 46.3 Å². The molecule has 0 bridgehead atoms. The topological polar surface area (TPSA) is 44.4 Å². The fourth-order valence-electron chi connectivity index (χ4n) is 5.43.